The summed E-state index contributed by atoms with van der Waals surface area (Å²) in [4.78, 5) is 30.1. The number of piperidine rings is 1. The third-order valence-electron chi connectivity index (χ3n) is 4.02. The first kappa shape index (κ1) is 18.7. The average Bonchev–Trinajstić information content (AvgIpc) is 2.57. The number of hydrogen-bond donors (Lipinski definition) is 1. The van der Waals surface area contributed by atoms with Crippen molar-refractivity contribution in [1.82, 2.24) is 9.88 Å². The summed E-state index contributed by atoms with van der Waals surface area (Å²) in [6, 6.07) is 3.40. The minimum Gasteiger partial charge on any atom is -0.466 e. The van der Waals surface area contributed by atoms with Gasteiger partial charge in [0.15, 0.2) is 0 Å². The van der Waals surface area contributed by atoms with Crippen LogP contribution in [-0.2, 0) is 14.3 Å². The van der Waals surface area contributed by atoms with Crippen molar-refractivity contribution in [3.63, 3.8) is 0 Å². The summed E-state index contributed by atoms with van der Waals surface area (Å²) >= 11 is 5.79. The number of anilines is 1. The second-order valence-corrected chi connectivity index (χ2v) is 6.34. The van der Waals surface area contributed by atoms with Gasteiger partial charge in [-0.05, 0) is 51.4 Å². The van der Waals surface area contributed by atoms with Gasteiger partial charge in [0.2, 0.25) is 5.91 Å². The molecule has 1 atom stereocenters. The van der Waals surface area contributed by atoms with Crippen molar-refractivity contribution in [2.75, 3.05) is 31.6 Å². The van der Waals surface area contributed by atoms with Crippen LogP contribution in [0.25, 0.3) is 0 Å². The van der Waals surface area contributed by atoms with E-state index in [0.29, 0.717) is 30.4 Å². The number of aromatic nitrogens is 1. The Morgan fingerprint density at radius 1 is 1.46 bits per heavy atom. The van der Waals surface area contributed by atoms with E-state index in [1.165, 1.54) is 6.20 Å². The fraction of sp³-hybridized carbons (Fsp3) is 0.588. The smallest absolute Gasteiger partial charge is 0.305 e. The minimum atomic E-state index is -0.155. The Bertz CT molecular complexity index is 551. The van der Waals surface area contributed by atoms with E-state index in [0.717, 1.165) is 32.4 Å². The van der Waals surface area contributed by atoms with Gasteiger partial charge in [-0.1, -0.05) is 11.6 Å². The molecule has 24 heavy (non-hydrogen) atoms. The Labute approximate surface area is 147 Å². The molecule has 132 valence electrons. The number of rotatable bonds is 7. The van der Waals surface area contributed by atoms with Gasteiger partial charge in [-0.25, -0.2) is 4.98 Å². The van der Waals surface area contributed by atoms with E-state index in [4.69, 9.17) is 16.3 Å². The molecule has 1 amide bonds. The molecule has 7 heteroatoms. The molecule has 1 aromatic rings. The molecular formula is C17H24ClN3O3. The standard InChI is InChI=1S/C17H24ClN3O3/c1-2-24-16(22)6-4-10-21-9-3-5-13(12-21)17(23)20-15-8-7-14(18)11-19-15/h7-8,11,13H,2-6,9-10,12H2,1H3,(H,19,20,23)/t13-/m1/s1. The summed E-state index contributed by atoms with van der Waals surface area (Å²) in [6.07, 6.45) is 4.54. The molecular weight excluding hydrogens is 330 g/mol. The maximum atomic E-state index is 12.4. The Hall–Kier alpha value is -1.66. The molecule has 1 saturated heterocycles. The zero-order valence-electron chi connectivity index (χ0n) is 14.0. The van der Waals surface area contributed by atoms with Gasteiger partial charge >= 0.3 is 5.97 Å². The van der Waals surface area contributed by atoms with Gasteiger partial charge in [0.1, 0.15) is 5.82 Å². The number of nitrogens with zero attached hydrogens (tertiary/aromatic N) is 2. The Balaban J connectivity index is 1.76. The van der Waals surface area contributed by atoms with Crippen LogP contribution >= 0.6 is 11.6 Å². The van der Waals surface area contributed by atoms with E-state index in [1.807, 2.05) is 0 Å². The van der Waals surface area contributed by atoms with E-state index >= 15 is 0 Å². The maximum absolute atomic E-state index is 12.4. The second-order valence-electron chi connectivity index (χ2n) is 5.90. The molecule has 1 aromatic heterocycles. The highest BCUT2D eigenvalue weighted by Crippen LogP contribution is 2.19. The molecule has 1 N–H and O–H groups in total. The molecule has 1 fully saturated rings. The van der Waals surface area contributed by atoms with Crippen LogP contribution in [0.5, 0.6) is 0 Å². The van der Waals surface area contributed by atoms with Gasteiger partial charge in [-0.15, -0.1) is 0 Å². The highest BCUT2D eigenvalue weighted by atomic mass is 35.5. The van der Waals surface area contributed by atoms with Gasteiger partial charge in [-0.3, -0.25) is 9.59 Å². The predicted octanol–water partition coefficient (Wildman–Crippen LogP) is 2.73. The van der Waals surface area contributed by atoms with Crippen molar-refractivity contribution >= 4 is 29.3 Å². The number of carbonyl (C=O) groups excluding carboxylic acids is 2. The fourth-order valence-corrected chi connectivity index (χ4v) is 2.94. The summed E-state index contributed by atoms with van der Waals surface area (Å²) in [7, 11) is 0. The van der Waals surface area contributed by atoms with Crippen LogP contribution in [0.1, 0.15) is 32.6 Å². The highest BCUT2D eigenvalue weighted by molar-refractivity contribution is 6.30. The second kappa shape index (κ2) is 9.59. The third kappa shape index (κ3) is 6.09. The van der Waals surface area contributed by atoms with E-state index in [9.17, 15) is 9.59 Å². The SMILES string of the molecule is CCOC(=O)CCCN1CCC[C@@H](C(=O)Nc2ccc(Cl)cn2)C1. The van der Waals surface area contributed by atoms with Crippen LogP contribution in [0.15, 0.2) is 18.3 Å². The first-order chi connectivity index (χ1) is 11.6. The van der Waals surface area contributed by atoms with Crippen molar-refractivity contribution in [2.24, 2.45) is 5.92 Å². The molecule has 0 aliphatic carbocycles. The summed E-state index contributed by atoms with van der Waals surface area (Å²) < 4.78 is 4.93. The van der Waals surface area contributed by atoms with Crippen molar-refractivity contribution < 1.29 is 14.3 Å². The third-order valence-corrected chi connectivity index (χ3v) is 4.24. The molecule has 0 aromatic carbocycles. The average molecular weight is 354 g/mol. The van der Waals surface area contributed by atoms with Crippen LogP contribution in [0.3, 0.4) is 0 Å². The largest absolute Gasteiger partial charge is 0.466 e. The first-order valence-electron chi connectivity index (χ1n) is 8.39. The molecule has 0 radical (unpaired) electrons. The zero-order chi connectivity index (χ0) is 17.4. The maximum Gasteiger partial charge on any atom is 0.305 e. The lowest BCUT2D eigenvalue weighted by Gasteiger charge is -2.31. The number of hydrogen-bond acceptors (Lipinski definition) is 5. The summed E-state index contributed by atoms with van der Waals surface area (Å²) in [5, 5.41) is 3.38. The molecule has 6 nitrogen and oxygen atoms in total. The number of likely N-dealkylation sites (tertiary alicyclic amines) is 1. The quantitative estimate of drug-likeness (QED) is 0.763. The van der Waals surface area contributed by atoms with Crippen molar-refractivity contribution in [3.8, 4) is 0 Å². The molecule has 0 saturated carbocycles. The van der Waals surface area contributed by atoms with E-state index < -0.39 is 0 Å². The number of halogens is 1. The monoisotopic (exact) mass is 353 g/mol. The Morgan fingerprint density at radius 2 is 2.29 bits per heavy atom. The van der Waals surface area contributed by atoms with E-state index in [1.54, 1.807) is 19.1 Å². The predicted molar refractivity (Wildman–Crippen MR) is 92.9 cm³/mol. The highest BCUT2D eigenvalue weighted by Gasteiger charge is 2.25. The fourth-order valence-electron chi connectivity index (χ4n) is 2.83. The lowest BCUT2D eigenvalue weighted by molar-refractivity contribution is -0.143. The van der Waals surface area contributed by atoms with Gasteiger partial charge in [0.25, 0.3) is 0 Å². The van der Waals surface area contributed by atoms with Crippen molar-refractivity contribution in [1.29, 1.82) is 0 Å². The molecule has 2 rings (SSSR count). The molecule has 0 bridgehead atoms. The van der Waals surface area contributed by atoms with Crippen LogP contribution in [0.4, 0.5) is 5.82 Å². The van der Waals surface area contributed by atoms with Crippen molar-refractivity contribution in [2.45, 2.75) is 32.6 Å². The number of pyridine rings is 1. The summed E-state index contributed by atoms with van der Waals surface area (Å²) in [5.74, 6) is 0.292. The number of nitrogens with one attached hydrogen (secondary N) is 1. The van der Waals surface area contributed by atoms with Gasteiger partial charge in [0.05, 0.1) is 17.5 Å². The zero-order valence-corrected chi connectivity index (χ0v) is 14.7. The topological polar surface area (TPSA) is 71.5 Å². The Kier molecular flexibility index (Phi) is 7.46. The first-order valence-corrected chi connectivity index (χ1v) is 8.76. The van der Waals surface area contributed by atoms with Crippen LogP contribution in [-0.4, -0.2) is 48.0 Å². The van der Waals surface area contributed by atoms with Crippen molar-refractivity contribution in [3.05, 3.63) is 23.4 Å². The van der Waals surface area contributed by atoms with Crippen LogP contribution in [0.2, 0.25) is 5.02 Å². The van der Waals surface area contributed by atoms with Gasteiger partial charge in [0, 0.05) is 19.2 Å². The van der Waals surface area contributed by atoms with Crippen LogP contribution < -0.4 is 5.32 Å². The van der Waals surface area contributed by atoms with Gasteiger partial charge in [-0.2, -0.15) is 0 Å². The summed E-state index contributed by atoms with van der Waals surface area (Å²) in [5.41, 5.74) is 0. The number of carbonyl (C=O) groups is 2. The molecule has 2 heterocycles. The van der Waals surface area contributed by atoms with Crippen LogP contribution in [0, 0.1) is 5.92 Å². The minimum absolute atomic E-state index is 0.0140. The van der Waals surface area contributed by atoms with E-state index in [-0.39, 0.29) is 17.8 Å². The van der Waals surface area contributed by atoms with Gasteiger partial charge < -0.3 is 15.0 Å². The normalized spacial score (nSPS) is 18.2. The number of ether oxygens (including phenoxy) is 1. The molecule has 0 spiro atoms. The molecule has 1 aliphatic heterocycles. The lowest BCUT2D eigenvalue weighted by atomic mass is 9.97. The molecule has 0 unspecified atom stereocenters. The number of amides is 1. The lowest BCUT2D eigenvalue weighted by Crippen LogP contribution is -2.41. The van der Waals surface area contributed by atoms with E-state index in [2.05, 4.69) is 15.2 Å². The summed E-state index contributed by atoms with van der Waals surface area (Å²) in [6.45, 7) is 4.71. The number of esters is 1. The Morgan fingerprint density at radius 3 is 3.00 bits per heavy atom. The molecule has 1 aliphatic rings.